The average molecular weight is 386 g/mol. The fourth-order valence-corrected chi connectivity index (χ4v) is 3.61. The first-order valence-corrected chi connectivity index (χ1v) is 8.78. The Bertz CT molecular complexity index is 1020. The first kappa shape index (κ1) is 18.5. The zero-order chi connectivity index (χ0) is 19.4. The number of rotatable bonds is 4. The van der Waals surface area contributed by atoms with Gasteiger partial charge in [-0.25, -0.2) is 14.0 Å². The van der Waals surface area contributed by atoms with Gasteiger partial charge in [0.2, 0.25) is 0 Å². The third-order valence-electron chi connectivity index (χ3n) is 3.71. The summed E-state index contributed by atoms with van der Waals surface area (Å²) in [5.41, 5.74) is 0.975. The smallest absolute Gasteiger partial charge is 0.349 e. The number of imide groups is 1. The van der Waals surface area contributed by atoms with E-state index in [4.69, 9.17) is 4.74 Å². The number of carbonyl (C=O) groups excluding carboxylic acids is 3. The molecule has 6 nitrogen and oxygen atoms in total. The monoisotopic (exact) mass is 386 g/mol. The van der Waals surface area contributed by atoms with E-state index >= 15 is 0 Å². The molecule has 0 aliphatic heterocycles. The van der Waals surface area contributed by atoms with E-state index in [0.29, 0.717) is 21.3 Å². The molecule has 2 N–H and O–H groups in total. The van der Waals surface area contributed by atoms with Crippen molar-refractivity contribution in [3.05, 3.63) is 64.8 Å². The molecule has 0 saturated carbocycles. The lowest BCUT2D eigenvalue weighted by Crippen LogP contribution is -2.37. The molecule has 1 aromatic heterocycles. The van der Waals surface area contributed by atoms with Crippen LogP contribution < -0.4 is 10.6 Å². The van der Waals surface area contributed by atoms with Crippen molar-refractivity contribution < 1.29 is 23.5 Å². The van der Waals surface area contributed by atoms with E-state index in [2.05, 4.69) is 10.6 Å². The summed E-state index contributed by atoms with van der Waals surface area (Å²) in [4.78, 5) is 35.9. The van der Waals surface area contributed by atoms with Crippen LogP contribution in [0.1, 0.15) is 15.2 Å². The van der Waals surface area contributed by atoms with Crippen LogP contribution in [0.25, 0.3) is 10.1 Å². The highest BCUT2D eigenvalue weighted by atomic mass is 32.1. The Balaban J connectivity index is 1.57. The molecule has 0 saturated heterocycles. The zero-order valence-electron chi connectivity index (χ0n) is 14.2. The Labute approximate surface area is 157 Å². The number of fused-ring (bicyclic) bond motifs is 1. The molecule has 0 spiro atoms. The van der Waals surface area contributed by atoms with Crippen molar-refractivity contribution in [2.45, 2.75) is 6.92 Å². The third kappa shape index (κ3) is 4.29. The van der Waals surface area contributed by atoms with Gasteiger partial charge in [0.15, 0.2) is 6.61 Å². The van der Waals surface area contributed by atoms with E-state index in [9.17, 15) is 18.8 Å². The van der Waals surface area contributed by atoms with Crippen molar-refractivity contribution in [3.63, 3.8) is 0 Å². The molecule has 0 bridgehead atoms. The molecule has 0 atom stereocenters. The lowest BCUT2D eigenvalue weighted by Gasteiger charge is -2.07. The van der Waals surface area contributed by atoms with Crippen molar-refractivity contribution in [2.24, 2.45) is 0 Å². The van der Waals surface area contributed by atoms with Crippen LogP contribution in [0.2, 0.25) is 0 Å². The van der Waals surface area contributed by atoms with Gasteiger partial charge in [0, 0.05) is 15.8 Å². The standard InChI is InChI=1S/C19H15FN2O4S/c1-11-16-13(20)8-5-9-14(16)27-17(11)18(24)26-10-15(23)22-19(25)21-12-6-3-2-4-7-12/h2-9H,10H2,1H3,(H2,21,22,23,25). The van der Waals surface area contributed by atoms with Crippen LogP contribution in [-0.2, 0) is 9.53 Å². The Kier molecular flexibility index (Phi) is 5.46. The fraction of sp³-hybridized carbons (Fsp3) is 0.105. The van der Waals surface area contributed by atoms with Gasteiger partial charge in [0.05, 0.1) is 0 Å². The highest BCUT2D eigenvalue weighted by Crippen LogP contribution is 2.32. The lowest BCUT2D eigenvalue weighted by atomic mass is 10.1. The number of halogens is 1. The Morgan fingerprint density at radius 3 is 2.52 bits per heavy atom. The summed E-state index contributed by atoms with van der Waals surface area (Å²) in [5.74, 6) is -1.94. The molecule has 1 heterocycles. The van der Waals surface area contributed by atoms with Crippen LogP contribution in [0, 0.1) is 12.7 Å². The first-order valence-electron chi connectivity index (χ1n) is 7.96. The number of esters is 1. The molecule has 138 valence electrons. The highest BCUT2D eigenvalue weighted by molar-refractivity contribution is 7.21. The minimum atomic E-state index is -0.776. The number of aryl methyl sites for hydroxylation is 1. The van der Waals surface area contributed by atoms with Gasteiger partial charge in [0.25, 0.3) is 5.91 Å². The number of thiophene rings is 1. The quantitative estimate of drug-likeness (QED) is 0.667. The predicted molar refractivity (Wildman–Crippen MR) is 100 cm³/mol. The van der Waals surface area contributed by atoms with Gasteiger partial charge in [0.1, 0.15) is 10.7 Å². The molecule has 3 aromatic rings. The number of ether oxygens (including phenoxy) is 1. The van der Waals surface area contributed by atoms with Crippen molar-refractivity contribution in [2.75, 3.05) is 11.9 Å². The third-order valence-corrected chi connectivity index (χ3v) is 4.94. The van der Waals surface area contributed by atoms with E-state index < -0.39 is 30.3 Å². The van der Waals surface area contributed by atoms with Gasteiger partial charge >= 0.3 is 12.0 Å². The number of hydrogen-bond acceptors (Lipinski definition) is 5. The number of hydrogen-bond donors (Lipinski definition) is 2. The van der Waals surface area contributed by atoms with Crippen LogP contribution in [0.15, 0.2) is 48.5 Å². The topological polar surface area (TPSA) is 84.5 Å². The lowest BCUT2D eigenvalue weighted by molar-refractivity contribution is -0.123. The zero-order valence-corrected chi connectivity index (χ0v) is 15.1. The maximum Gasteiger partial charge on any atom is 0.349 e. The van der Waals surface area contributed by atoms with Crippen LogP contribution in [0.4, 0.5) is 14.9 Å². The molecule has 2 aromatic carbocycles. The van der Waals surface area contributed by atoms with Gasteiger partial charge in [-0.2, -0.15) is 0 Å². The van der Waals surface area contributed by atoms with Crippen LogP contribution >= 0.6 is 11.3 Å². The molecule has 0 radical (unpaired) electrons. The molecule has 0 fully saturated rings. The van der Waals surface area contributed by atoms with Gasteiger partial charge in [-0.3, -0.25) is 10.1 Å². The maximum atomic E-state index is 13.9. The number of urea groups is 1. The molecule has 8 heteroatoms. The number of benzene rings is 2. The highest BCUT2D eigenvalue weighted by Gasteiger charge is 2.20. The Morgan fingerprint density at radius 2 is 1.81 bits per heavy atom. The number of anilines is 1. The average Bonchev–Trinajstić information content (AvgIpc) is 2.98. The van der Waals surface area contributed by atoms with Crippen molar-refractivity contribution in [3.8, 4) is 0 Å². The maximum absolute atomic E-state index is 13.9. The summed E-state index contributed by atoms with van der Waals surface area (Å²) in [6, 6.07) is 12.4. The van der Waals surface area contributed by atoms with Crippen molar-refractivity contribution in [1.29, 1.82) is 0 Å². The van der Waals surface area contributed by atoms with Crippen LogP contribution in [0.3, 0.4) is 0 Å². The molecule has 3 amide bonds. The van der Waals surface area contributed by atoms with Crippen molar-refractivity contribution >= 4 is 45.0 Å². The second-order valence-corrected chi connectivity index (χ2v) is 6.67. The van der Waals surface area contributed by atoms with E-state index in [1.807, 2.05) is 0 Å². The van der Waals surface area contributed by atoms with E-state index in [1.165, 1.54) is 6.07 Å². The van der Waals surface area contributed by atoms with Crippen molar-refractivity contribution in [1.82, 2.24) is 5.32 Å². The van der Waals surface area contributed by atoms with Crippen LogP contribution in [-0.4, -0.2) is 24.5 Å². The second-order valence-electron chi connectivity index (χ2n) is 5.61. The van der Waals surface area contributed by atoms with E-state index in [1.54, 1.807) is 49.4 Å². The van der Waals surface area contributed by atoms with Gasteiger partial charge in [-0.15, -0.1) is 11.3 Å². The summed E-state index contributed by atoms with van der Waals surface area (Å²) in [6.07, 6.45) is 0. The van der Waals surface area contributed by atoms with Gasteiger partial charge in [-0.05, 0) is 36.8 Å². The molecule has 27 heavy (non-hydrogen) atoms. The summed E-state index contributed by atoms with van der Waals surface area (Å²) >= 11 is 1.09. The molecule has 0 aliphatic carbocycles. The summed E-state index contributed by atoms with van der Waals surface area (Å²) in [5, 5.41) is 4.90. The number of para-hydroxylation sites is 1. The minimum Gasteiger partial charge on any atom is -0.451 e. The summed E-state index contributed by atoms with van der Waals surface area (Å²) < 4.78 is 19.5. The van der Waals surface area contributed by atoms with Crippen LogP contribution in [0.5, 0.6) is 0 Å². The molecule has 0 aliphatic rings. The molecular formula is C19H15FN2O4S. The van der Waals surface area contributed by atoms with Gasteiger partial charge in [-0.1, -0.05) is 24.3 Å². The summed E-state index contributed by atoms with van der Waals surface area (Å²) in [7, 11) is 0. The Hall–Kier alpha value is -3.26. The molecule has 3 rings (SSSR count). The fourth-order valence-electron chi connectivity index (χ4n) is 2.49. The summed E-state index contributed by atoms with van der Waals surface area (Å²) in [6.45, 7) is 0.989. The first-order chi connectivity index (χ1) is 13.0. The number of amides is 3. The normalized spacial score (nSPS) is 10.4. The SMILES string of the molecule is Cc1c(C(=O)OCC(=O)NC(=O)Nc2ccccc2)sc2cccc(F)c12. The minimum absolute atomic E-state index is 0.219. The largest absolute Gasteiger partial charge is 0.451 e. The number of carbonyl (C=O) groups is 3. The molecule has 0 unspecified atom stereocenters. The van der Waals surface area contributed by atoms with E-state index in [0.717, 1.165) is 11.3 Å². The number of nitrogens with one attached hydrogen (secondary N) is 2. The van der Waals surface area contributed by atoms with E-state index in [-0.39, 0.29) is 4.88 Å². The van der Waals surface area contributed by atoms with Gasteiger partial charge < -0.3 is 10.1 Å². The second kappa shape index (κ2) is 7.96. The Morgan fingerprint density at radius 1 is 1.07 bits per heavy atom. The molecular weight excluding hydrogens is 371 g/mol. The predicted octanol–water partition coefficient (Wildman–Crippen LogP) is 3.85.